The summed E-state index contributed by atoms with van der Waals surface area (Å²) >= 11 is 0. The van der Waals surface area contributed by atoms with Crippen LogP contribution in [0.1, 0.15) is 96.4 Å². The number of nitrogens with zero attached hydrogens (tertiary/aromatic N) is 3. The van der Waals surface area contributed by atoms with Gasteiger partial charge in [-0.25, -0.2) is 0 Å². The van der Waals surface area contributed by atoms with Crippen LogP contribution in [0.2, 0.25) is 19.6 Å². The molecule has 0 saturated heterocycles. The van der Waals surface area contributed by atoms with Gasteiger partial charge in [0.15, 0.2) is 28.9 Å². The summed E-state index contributed by atoms with van der Waals surface area (Å²) in [5.41, 5.74) is 22.8. The number of allylic oxidation sites excluding steroid dienone is 1. The molecule has 3 atom stereocenters. The van der Waals surface area contributed by atoms with Crippen LogP contribution >= 0.6 is 0 Å². The van der Waals surface area contributed by atoms with E-state index >= 15 is 0 Å². The van der Waals surface area contributed by atoms with Crippen molar-refractivity contribution in [1.82, 2.24) is 4.57 Å². The van der Waals surface area contributed by atoms with Crippen LogP contribution in [-0.4, -0.2) is 12.6 Å². The van der Waals surface area contributed by atoms with Crippen LogP contribution in [0.4, 0.5) is 0 Å². The van der Waals surface area contributed by atoms with Gasteiger partial charge in [-0.15, -0.1) is 0 Å². The molecule has 0 spiro atoms. The van der Waals surface area contributed by atoms with Crippen molar-refractivity contribution in [3.63, 3.8) is 0 Å². The molecule has 0 fully saturated rings. The van der Waals surface area contributed by atoms with Crippen molar-refractivity contribution in [2.45, 2.75) is 97.3 Å². The molecule has 0 saturated carbocycles. The molecule has 12 rings (SSSR count). The largest absolute Gasteiger partial charge is 0.455 e. The monoisotopic (exact) mass is 851 g/mol. The first-order valence-electron chi connectivity index (χ1n) is 23.5. The molecule has 6 aromatic carbocycles. The molecular weight excluding hydrogens is 795 g/mol. The van der Waals surface area contributed by atoms with E-state index in [1.807, 2.05) is 0 Å². The van der Waals surface area contributed by atoms with E-state index in [2.05, 4.69) is 195 Å². The maximum absolute atomic E-state index is 7.14. The molecule has 6 heterocycles. The lowest BCUT2D eigenvalue weighted by Crippen LogP contribution is -2.53. The summed E-state index contributed by atoms with van der Waals surface area (Å²) in [5, 5.41) is 3.85. The highest BCUT2D eigenvalue weighted by atomic mass is 28.3. The second-order valence-electron chi connectivity index (χ2n) is 20.5. The lowest BCUT2D eigenvalue weighted by atomic mass is 9.77. The number of hydrogen-bond acceptors (Lipinski definition) is 1. The van der Waals surface area contributed by atoms with Crippen molar-refractivity contribution in [2.24, 2.45) is 0 Å². The number of aromatic nitrogens is 3. The third kappa shape index (κ3) is 5.65. The van der Waals surface area contributed by atoms with E-state index in [0.29, 0.717) is 0 Å². The Morgan fingerprint density at radius 3 is 2.38 bits per heavy atom. The molecule has 3 unspecified atom stereocenters. The van der Waals surface area contributed by atoms with Crippen LogP contribution in [0.3, 0.4) is 0 Å². The Bertz CT molecular complexity index is 3450. The first-order valence-corrected chi connectivity index (χ1v) is 27.0. The number of pyridine rings is 1. The normalized spacial score (nSPS) is 17.8. The van der Waals surface area contributed by atoms with Gasteiger partial charge in [0.1, 0.15) is 22.5 Å². The fraction of sp³-hybridized carbons (Fsp3) is 0.254. The Balaban J connectivity index is 1.20. The lowest BCUT2D eigenvalue weighted by Gasteiger charge is -2.33. The predicted octanol–water partition coefficient (Wildman–Crippen LogP) is 14.0. The Morgan fingerprint density at radius 2 is 1.58 bits per heavy atom. The molecule has 0 N–H and O–H groups in total. The number of benzene rings is 6. The molecule has 3 aliphatic rings. The van der Waals surface area contributed by atoms with Crippen molar-refractivity contribution < 1.29 is 13.6 Å². The van der Waals surface area contributed by atoms with Gasteiger partial charge in [-0.2, -0.15) is 13.7 Å². The molecule has 3 aromatic heterocycles. The molecule has 64 heavy (non-hydrogen) atoms. The Labute approximate surface area is 378 Å². The van der Waals surface area contributed by atoms with Crippen molar-refractivity contribution in [1.29, 1.82) is 0 Å². The number of fused-ring (bicyclic) bond motifs is 17. The van der Waals surface area contributed by atoms with E-state index in [-0.39, 0.29) is 23.8 Å². The number of imidazole rings is 1. The van der Waals surface area contributed by atoms with Gasteiger partial charge in [0, 0.05) is 56.1 Å². The predicted molar refractivity (Wildman–Crippen MR) is 268 cm³/mol. The fourth-order valence-corrected chi connectivity index (χ4v) is 13.9. The Morgan fingerprint density at radius 1 is 0.781 bits per heavy atom. The molecule has 3 aliphatic heterocycles. The van der Waals surface area contributed by atoms with Crippen LogP contribution in [0.15, 0.2) is 139 Å². The zero-order chi connectivity index (χ0) is 43.9. The van der Waals surface area contributed by atoms with E-state index in [0.717, 1.165) is 52.7 Å². The summed E-state index contributed by atoms with van der Waals surface area (Å²) < 4.78 is 15.1. The van der Waals surface area contributed by atoms with Crippen LogP contribution < -0.4 is 14.3 Å². The third-order valence-corrected chi connectivity index (χ3v) is 17.3. The SMILES string of the molecule is C=C1CC2C(CCc3ccc4c(oc5ccccc54)c3-c3n1c1cccc4c1[n+]3-c1c(C(C)C)cc(-c3ccccc3)cc1C4C)c1cc(C)ccc1-c1cc(C)c([Si](C)(C)C)c[n+]12. The molecule has 4 nitrogen and oxygen atoms in total. The van der Waals surface area contributed by atoms with Crippen LogP contribution in [0.5, 0.6) is 0 Å². The minimum absolute atomic E-state index is 0.182. The zero-order valence-corrected chi connectivity index (χ0v) is 39.5. The van der Waals surface area contributed by atoms with Crippen LogP contribution in [-0.2, 0) is 6.42 Å². The van der Waals surface area contributed by atoms with Crippen molar-refractivity contribution >= 4 is 51.9 Å². The van der Waals surface area contributed by atoms with Crippen molar-refractivity contribution in [3.05, 3.63) is 173 Å². The molecule has 0 amide bonds. The number of furan rings is 1. The molecule has 0 aliphatic carbocycles. The average Bonchev–Trinajstić information content (AvgIpc) is 3.83. The van der Waals surface area contributed by atoms with E-state index in [4.69, 9.17) is 11.0 Å². The van der Waals surface area contributed by atoms with Crippen molar-refractivity contribution in [2.75, 3.05) is 0 Å². The molecular formula is C59H57N3OSi+2. The third-order valence-electron chi connectivity index (χ3n) is 15.2. The summed E-state index contributed by atoms with van der Waals surface area (Å²) in [6, 6.07) is 46.1. The summed E-state index contributed by atoms with van der Waals surface area (Å²) in [5.74, 6) is 1.90. The maximum Gasteiger partial charge on any atom is 0.304 e. The summed E-state index contributed by atoms with van der Waals surface area (Å²) in [6.07, 6.45) is 5.30. The van der Waals surface area contributed by atoms with Gasteiger partial charge in [0.05, 0.1) is 14.5 Å². The number of aryl methyl sites for hydroxylation is 3. The second kappa shape index (κ2) is 14.1. The molecule has 0 radical (unpaired) electrons. The summed E-state index contributed by atoms with van der Waals surface area (Å²) in [7, 11) is -1.68. The van der Waals surface area contributed by atoms with Crippen molar-refractivity contribution in [3.8, 4) is 39.5 Å². The topological polar surface area (TPSA) is 25.8 Å². The Hall–Kier alpha value is -6.30. The van der Waals surface area contributed by atoms with Crippen LogP contribution in [0.25, 0.3) is 78.1 Å². The van der Waals surface area contributed by atoms with E-state index < -0.39 is 8.07 Å². The van der Waals surface area contributed by atoms with Crippen LogP contribution in [0, 0.1) is 13.8 Å². The Kier molecular flexibility index (Phi) is 8.66. The summed E-state index contributed by atoms with van der Waals surface area (Å²) in [6.45, 7) is 24.4. The van der Waals surface area contributed by atoms with Gasteiger partial charge in [-0.05, 0) is 90.8 Å². The molecule has 316 valence electrons. The fourth-order valence-electron chi connectivity index (χ4n) is 12.2. The average molecular weight is 852 g/mol. The van der Waals surface area contributed by atoms with Gasteiger partial charge in [-0.1, -0.05) is 137 Å². The molecule has 9 aromatic rings. The standard InChI is InChI=1S/C59H57N3OSi/c1-34(2)47-31-41(39-16-11-10-12-17-39)32-48-38(6)42-19-15-20-50-57(42)62(56(47)48)59-55-40(24-27-46-45-18-13-14-21-53(45)63-58(46)55)23-26-44-49-28-35(3)22-25-43(49)51-29-36(4)54(64(7,8)9)33-60(51)52(44)30-37(5)61(50)59/h10-22,24-25,27-29,31-34,38,44,52H,5,23,26,30H2,1-4,6-9H3/q+2. The minimum Gasteiger partial charge on any atom is -0.455 e. The maximum atomic E-state index is 7.14. The van der Waals surface area contributed by atoms with Gasteiger partial charge in [-0.3, -0.25) is 0 Å². The minimum atomic E-state index is -1.68. The molecule has 0 bridgehead atoms. The summed E-state index contributed by atoms with van der Waals surface area (Å²) in [4.78, 5) is 0. The van der Waals surface area contributed by atoms with Gasteiger partial charge < -0.3 is 4.42 Å². The first kappa shape index (κ1) is 39.3. The van der Waals surface area contributed by atoms with Gasteiger partial charge in [0.2, 0.25) is 5.69 Å². The number of rotatable bonds is 3. The van der Waals surface area contributed by atoms with Gasteiger partial charge >= 0.3 is 5.82 Å². The molecule has 5 heteroatoms. The van der Waals surface area contributed by atoms with Gasteiger partial charge in [0.25, 0.3) is 0 Å². The highest BCUT2D eigenvalue weighted by Crippen LogP contribution is 2.50. The lowest BCUT2D eigenvalue weighted by molar-refractivity contribution is -0.716. The first-order chi connectivity index (χ1) is 30.9. The van der Waals surface area contributed by atoms with E-state index in [1.54, 1.807) is 0 Å². The zero-order valence-electron chi connectivity index (χ0n) is 38.5. The quantitative estimate of drug-likeness (QED) is 0.128. The van der Waals surface area contributed by atoms with E-state index in [9.17, 15) is 0 Å². The number of para-hydroxylation sites is 2. The second-order valence-corrected chi connectivity index (χ2v) is 25.6. The highest BCUT2D eigenvalue weighted by molar-refractivity contribution is 6.88. The highest BCUT2D eigenvalue weighted by Gasteiger charge is 2.47. The van der Waals surface area contributed by atoms with E-state index in [1.165, 1.54) is 88.8 Å². The smallest absolute Gasteiger partial charge is 0.304 e. The number of hydrogen-bond donors (Lipinski definition) is 0.